The van der Waals surface area contributed by atoms with Crippen LogP contribution >= 0.6 is 0 Å². The number of ether oxygens (including phenoxy) is 1. The first kappa shape index (κ1) is 23.4. The second kappa shape index (κ2) is 9.25. The van der Waals surface area contributed by atoms with Gasteiger partial charge < -0.3 is 9.26 Å². The molecule has 1 aliphatic heterocycles. The Morgan fingerprint density at radius 1 is 1.03 bits per heavy atom. The lowest BCUT2D eigenvalue weighted by Gasteiger charge is -2.28. The van der Waals surface area contributed by atoms with Crippen LogP contribution in [0, 0.1) is 12.8 Å². The van der Waals surface area contributed by atoms with Crippen molar-refractivity contribution in [1.29, 1.82) is 0 Å². The smallest absolute Gasteiger partial charge is 0.299 e. The van der Waals surface area contributed by atoms with Crippen LogP contribution in [0.5, 0.6) is 5.75 Å². The highest BCUT2D eigenvalue weighted by atomic mass is 16.5. The molecule has 1 aromatic heterocycles. The Kier molecular flexibility index (Phi) is 6.37. The molecule has 0 N–H and O–H groups in total. The summed E-state index contributed by atoms with van der Waals surface area (Å²) in [5.41, 5.74) is 3.52. The van der Waals surface area contributed by atoms with Crippen molar-refractivity contribution in [1.82, 2.24) is 10.1 Å². The van der Waals surface area contributed by atoms with Gasteiger partial charge in [-0.1, -0.05) is 42.8 Å². The second-order valence-corrected chi connectivity index (χ2v) is 9.06. The molecule has 1 aliphatic rings. The van der Waals surface area contributed by atoms with E-state index in [0.717, 1.165) is 16.7 Å². The molecule has 34 heavy (non-hydrogen) atoms. The highest BCUT2D eigenvalue weighted by molar-refractivity contribution is 6.51. The van der Waals surface area contributed by atoms with E-state index in [2.05, 4.69) is 10.1 Å². The molecular weight excluding hydrogens is 430 g/mol. The maximum Gasteiger partial charge on any atom is 0.299 e. The largest absolute Gasteiger partial charge is 0.491 e. The summed E-state index contributed by atoms with van der Waals surface area (Å²) < 4.78 is 11.3. The zero-order chi connectivity index (χ0) is 24.6. The zero-order valence-corrected chi connectivity index (χ0v) is 20.3. The third-order valence-corrected chi connectivity index (χ3v) is 5.98. The Hall–Kier alpha value is -3.74. The minimum absolute atomic E-state index is 0.0572. The van der Waals surface area contributed by atoms with Crippen LogP contribution in [0.3, 0.4) is 0 Å². The van der Waals surface area contributed by atoms with Crippen LogP contribution < -0.4 is 9.64 Å². The number of para-hydroxylation sites is 1. The highest BCUT2D eigenvalue weighted by Gasteiger charge is 2.46. The first-order chi connectivity index (χ1) is 16.2. The van der Waals surface area contributed by atoms with E-state index < -0.39 is 17.7 Å². The first-order valence-electron chi connectivity index (χ1n) is 11.4. The summed E-state index contributed by atoms with van der Waals surface area (Å²) in [7, 11) is 0. The highest BCUT2D eigenvalue weighted by Crippen LogP contribution is 2.45. The van der Waals surface area contributed by atoms with Crippen LogP contribution in [-0.2, 0) is 9.59 Å². The molecule has 0 saturated carbocycles. The van der Waals surface area contributed by atoms with Crippen LogP contribution in [0.1, 0.15) is 52.0 Å². The number of hydrogen-bond donors (Lipinski definition) is 0. The first-order valence-corrected chi connectivity index (χ1v) is 11.4. The Labute approximate surface area is 199 Å². The molecule has 1 saturated heterocycles. The van der Waals surface area contributed by atoms with Crippen molar-refractivity contribution in [3.8, 4) is 17.2 Å². The number of ketones is 1. The monoisotopic (exact) mass is 459 g/mol. The van der Waals surface area contributed by atoms with Crippen molar-refractivity contribution in [3.05, 3.63) is 71.1 Å². The fourth-order valence-corrected chi connectivity index (χ4v) is 4.11. The van der Waals surface area contributed by atoms with Crippen molar-refractivity contribution in [3.63, 3.8) is 0 Å². The predicted molar refractivity (Wildman–Crippen MR) is 129 cm³/mol. The summed E-state index contributed by atoms with van der Waals surface area (Å²) in [5.74, 6) is 0.668. The summed E-state index contributed by atoms with van der Waals surface area (Å²) in [6, 6.07) is 14.2. The topological polar surface area (TPSA) is 85.5 Å². The molecule has 7 heteroatoms. The third kappa shape index (κ3) is 4.25. The Bertz CT molecular complexity index is 1250. The molecule has 1 fully saturated rings. The van der Waals surface area contributed by atoms with Crippen LogP contribution in [0.4, 0.5) is 5.69 Å². The van der Waals surface area contributed by atoms with Crippen LogP contribution in [0.25, 0.3) is 11.5 Å². The lowest BCUT2D eigenvalue weighted by molar-refractivity contribution is -0.132. The van der Waals surface area contributed by atoms with Crippen molar-refractivity contribution < 1.29 is 18.8 Å². The van der Waals surface area contributed by atoms with Crippen molar-refractivity contribution in [2.45, 2.75) is 53.7 Å². The minimum atomic E-state index is -0.589. The molecule has 176 valence electrons. The second-order valence-electron chi connectivity index (χ2n) is 9.06. The van der Waals surface area contributed by atoms with E-state index in [1.165, 1.54) is 0 Å². The van der Waals surface area contributed by atoms with Gasteiger partial charge in [-0.25, -0.2) is 0 Å². The SMILES string of the molecule is C/C(=C1\C(=O)C(=O)N(c2ccc(-c3nc(C)no3)cc2)C1c1ccccc1OC(C)C)C(C)C. The van der Waals surface area contributed by atoms with E-state index in [1.807, 2.05) is 71.0 Å². The minimum Gasteiger partial charge on any atom is -0.491 e. The summed E-state index contributed by atoms with van der Waals surface area (Å²) in [6.07, 6.45) is -0.0572. The number of aryl methyl sites for hydroxylation is 1. The molecule has 1 amide bonds. The Morgan fingerprint density at radius 2 is 1.71 bits per heavy atom. The number of aromatic nitrogens is 2. The summed E-state index contributed by atoms with van der Waals surface area (Å²) >= 11 is 0. The molecule has 0 spiro atoms. The summed E-state index contributed by atoms with van der Waals surface area (Å²) in [5, 5.41) is 3.83. The maximum atomic E-state index is 13.4. The molecule has 0 radical (unpaired) electrons. The fourth-order valence-electron chi connectivity index (χ4n) is 4.11. The molecule has 0 bridgehead atoms. The van der Waals surface area contributed by atoms with Gasteiger partial charge in [-0.2, -0.15) is 4.98 Å². The molecular formula is C27H29N3O4. The van der Waals surface area contributed by atoms with Crippen molar-refractivity contribution in [2.75, 3.05) is 4.90 Å². The van der Waals surface area contributed by atoms with Gasteiger partial charge in [0.1, 0.15) is 5.75 Å². The van der Waals surface area contributed by atoms with Gasteiger partial charge in [0.2, 0.25) is 5.78 Å². The van der Waals surface area contributed by atoms with Gasteiger partial charge >= 0.3 is 0 Å². The number of Topliss-reactive ketones (excluding diaryl/α,β-unsaturated/α-hetero) is 1. The van der Waals surface area contributed by atoms with Gasteiger partial charge in [0.25, 0.3) is 11.8 Å². The third-order valence-electron chi connectivity index (χ3n) is 5.98. The number of amides is 1. The van der Waals surface area contributed by atoms with Crippen LogP contribution in [0.15, 0.2) is 64.2 Å². The molecule has 0 aliphatic carbocycles. The predicted octanol–water partition coefficient (Wildman–Crippen LogP) is 5.46. The number of nitrogens with zero attached hydrogens (tertiary/aromatic N) is 3. The van der Waals surface area contributed by atoms with Gasteiger partial charge in [0, 0.05) is 22.4 Å². The quantitative estimate of drug-likeness (QED) is 0.359. The van der Waals surface area contributed by atoms with E-state index in [4.69, 9.17) is 9.26 Å². The molecule has 2 aromatic carbocycles. The number of benzene rings is 2. The van der Waals surface area contributed by atoms with Gasteiger partial charge in [0.05, 0.1) is 12.1 Å². The average molecular weight is 460 g/mol. The van der Waals surface area contributed by atoms with Gasteiger partial charge in [-0.3, -0.25) is 14.5 Å². The lowest BCUT2D eigenvalue weighted by Crippen LogP contribution is -2.29. The summed E-state index contributed by atoms with van der Waals surface area (Å²) in [6.45, 7) is 11.6. The zero-order valence-electron chi connectivity index (χ0n) is 20.3. The Morgan fingerprint density at radius 3 is 2.29 bits per heavy atom. The number of carbonyl (C=O) groups excluding carboxylic acids is 2. The lowest BCUT2D eigenvalue weighted by atomic mass is 9.89. The number of rotatable bonds is 6. The van der Waals surface area contributed by atoms with E-state index >= 15 is 0 Å². The summed E-state index contributed by atoms with van der Waals surface area (Å²) in [4.78, 5) is 32.5. The normalized spacial score (nSPS) is 17.8. The molecule has 1 atom stereocenters. The van der Waals surface area contributed by atoms with Gasteiger partial charge in [-0.15, -0.1) is 0 Å². The maximum absolute atomic E-state index is 13.4. The molecule has 4 rings (SSSR count). The van der Waals surface area contributed by atoms with Crippen molar-refractivity contribution >= 4 is 17.4 Å². The van der Waals surface area contributed by atoms with Crippen LogP contribution in [0.2, 0.25) is 0 Å². The van der Waals surface area contributed by atoms with E-state index in [0.29, 0.717) is 28.7 Å². The van der Waals surface area contributed by atoms with E-state index in [-0.39, 0.29) is 12.0 Å². The van der Waals surface area contributed by atoms with Crippen molar-refractivity contribution in [2.24, 2.45) is 5.92 Å². The van der Waals surface area contributed by atoms with Crippen LogP contribution in [-0.4, -0.2) is 27.9 Å². The number of anilines is 1. The number of allylic oxidation sites excluding steroid dienone is 1. The fraction of sp³-hybridized carbons (Fsp3) is 0.333. The average Bonchev–Trinajstić information content (AvgIpc) is 3.34. The number of hydrogen-bond acceptors (Lipinski definition) is 6. The van der Waals surface area contributed by atoms with Gasteiger partial charge in [0.15, 0.2) is 5.82 Å². The van der Waals surface area contributed by atoms with E-state index in [1.54, 1.807) is 24.0 Å². The standard InChI is InChI=1S/C27H29N3O4/c1-15(2)17(5)23-24(21-9-7-8-10-22(21)33-16(3)4)30(27(32)25(23)31)20-13-11-19(12-14-20)26-28-18(6)29-34-26/h7-16,24H,1-6H3/b23-17+. The molecule has 2 heterocycles. The molecule has 7 nitrogen and oxygen atoms in total. The van der Waals surface area contributed by atoms with E-state index in [9.17, 15) is 9.59 Å². The Balaban J connectivity index is 1.86. The molecule has 3 aromatic rings. The number of carbonyl (C=O) groups is 2. The van der Waals surface area contributed by atoms with Gasteiger partial charge in [-0.05, 0) is 63.9 Å². The molecule has 1 unspecified atom stereocenters.